The highest BCUT2D eigenvalue weighted by Crippen LogP contribution is 2.38. The number of rotatable bonds is 6. The Morgan fingerprint density at radius 3 is 2.69 bits per heavy atom. The van der Waals surface area contributed by atoms with Gasteiger partial charge in [0.15, 0.2) is 0 Å². The van der Waals surface area contributed by atoms with E-state index in [-0.39, 0.29) is 17.2 Å². The summed E-state index contributed by atoms with van der Waals surface area (Å²) in [6.07, 6.45) is 10.9. The summed E-state index contributed by atoms with van der Waals surface area (Å²) >= 11 is 0. The van der Waals surface area contributed by atoms with Crippen LogP contribution in [0, 0.1) is 5.41 Å². The van der Waals surface area contributed by atoms with Crippen molar-refractivity contribution in [2.45, 2.75) is 53.0 Å². The van der Waals surface area contributed by atoms with E-state index in [4.69, 9.17) is 0 Å². The molecule has 5 rings (SSSR count). The minimum atomic E-state index is -0.372. The van der Waals surface area contributed by atoms with Gasteiger partial charge in [-0.2, -0.15) is 5.10 Å². The first kappa shape index (κ1) is 22.9. The van der Waals surface area contributed by atoms with Crippen LogP contribution in [0.1, 0.15) is 50.4 Å². The molecule has 4 aromatic rings. The standard InChI is InChI=1S/C28H30N6O/c1-5-19-14-31-26(11-22(19)23-16-32-34-17-28(3,4)12-25(23)34)33-27(35)18(2)20-8-9-24(30-15-20)21-7-6-10-29-13-21/h6-11,13-16,18H,5,12,17H2,1-4H3,(H,31,33,35)/t18-/m0/s1. The van der Waals surface area contributed by atoms with Gasteiger partial charge in [0, 0.05) is 48.2 Å². The molecular weight excluding hydrogens is 436 g/mol. The van der Waals surface area contributed by atoms with Gasteiger partial charge in [-0.1, -0.05) is 26.8 Å². The Morgan fingerprint density at radius 2 is 1.97 bits per heavy atom. The van der Waals surface area contributed by atoms with Gasteiger partial charge in [-0.25, -0.2) is 4.98 Å². The molecule has 1 amide bonds. The van der Waals surface area contributed by atoms with Crippen LogP contribution in [0.25, 0.3) is 22.4 Å². The number of fused-ring (bicyclic) bond motifs is 1. The van der Waals surface area contributed by atoms with E-state index in [1.807, 2.05) is 49.6 Å². The molecule has 0 saturated heterocycles. The second kappa shape index (κ2) is 9.06. The van der Waals surface area contributed by atoms with Crippen LogP contribution in [-0.2, 0) is 24.2 Å². The van der Waals surface area contributed by atoms with E-state index in [0.717, 1.165) is 52.9 Å². The number of hydrogen-bond acceptors (Lipinski definition) is 5. The van der Waals surface area contributed by atoms with Crippen molar-refractivity contribution >= 4 is 11.7 Å². The van der Waals surface area contributed by atoms with Crippen LogP contribution in [0.2, 0.25) is 0 Å². The third-order valence-corrected chi connectivity index (χ3v) is 6.72. The molecule has 0 unspecified atom stereocenters. The van der Waals surface area contributed by atoms with Gasteiger partial charge in [0.1, 0.15) is 5.82 Å². The Kier molecular flexibility index (Phi) is 5.93. The zero-order valence-corrected chi connectivity index (χ0v) is 20.6. The first-order chi connectivity index (χ1) is 16.8. The number of aromatic nitrogens is 5. The van der Waals surface area contributed by atoms with E-state index in [2.05, 4.69) is 50.8 Å². The predicted octanol–water partition coefficient (Wildman–Crippen LogP) is 5.29. The van der Waals surface area contributed by atoms with E-state index >= 15 is 0 Å². The fraction of sp³-hybridized carbons (Fsp3) is 0.321. The lowest BCUT2D eigenvalue weighted by Crippen LogP contribution is -2.20. The summed E-state index contributed by atoms with van der Waals surface area (Å²) in [5, 5.41) is 7.64. The molecule has 0 saturated carbocycles. The highest BCUT2D eigenvalue weighted by Gasteiger charge is 2.32. The normalized spacial score (nSPS) is 15.0. The first-order valence-electron chi connectivity index (χ1n) is 12.1. The number of nitrogens with zero attached hydrogens (tertiary/aromatic N) is 5. The van der Waals surface area contributed by atoms with Gasteiger partial charge in [0.05, 0.1) is 17.8 Å². The van der Waals surface area contributed by atoms with Crippen LogP contribution in [0.5, 0.6) is 0 Å². The Balaban J connectivity index is 1.36. The minimum Gasteiger partial charge on any atom is -0.310 e. The van der Waals surface area contributed by atoms with Gasteiger partial charge in [-0.05, 0) is 66.1 Å². The molecule has 0 aliphatic carbocycles. The third-order valence-electron chi connectivity index (χ3n) is 6.72. The predicted molar refractivity (Wildman–Crippen MR) is 137 cm³/mol. The van der Waals surface area contributed by atoms with Crippen LogP contribution in [0.4, 0.5) is 5.82 Å². The fourth-order valence-corrected chi connectivity index (χ4v) is 4.69. The molecule has 4 aromatic heterocycles. The number of pyridine rings is 3. The molecule has 35 heavy (non-hydrogen) atoms. The molecule has 1 aliphatic rings. The van der Waals surface area contributed by atoms with Crippen LogP contribution in [-0.4, -0.2) is 30.6 Å². The number of carbonyl (C=O) groups excluding carboxylic acids is 1. The van der Waals surface area contributed by atoms with Crippen molar-refractivity contribution in [1.82, 2.24) is 24.7 Å². The lowest BCUT2D eigenvalue weighted by Gasteiger charge is -2.16. The second-order valence-electron chi connectivity index (χ2n) is 10.0. The van der Waals surface area contributed by atoms with Crippen molar-refractivity contribution < 1.29 is 4.79 Å². The highest BCUT2D eigenvalue weighted by molar-refractivity contribution is 5.95. The largest absolute Gasteiger partial charge is 0.310 e. The molecule has 0 spiro atoms. The molecule has 0 aromatic carbocycles. The van der Waals surface area contributed by atoms with Gasteiger partial charge >= 0.3 is 0 Å². The molecule has 178 valence electrons. The summed E-state index contributed by atoms with van der Waals surface area (Å²) in [5.41, 5.74) is 7.43. The summed E-state index contributed by atoms with van der Waals surface area (Å²) in [6, 6.07) is 9.69. The maximum absolute atomic E-state index is 13.1. The smallest absolute Gasteiger partial charge is 0.232 e. The molecule has 1 atom stereocenters. The number of hydrogen-bond donors (Lipinski definition) is 1. The minimum absolute atomic E-state index is 0.120. The molecular formula is C28H30N6O. The lowest BCUT2D eigenvalue weighted by atomic mass is 9.89. The van der Waals surface area contributed by atoms with Crippen molar-refractivity contribution in [1.29, 1.82) is 0 Å². The highest BCUT2D eigenvalue weighted by atomic mass is 16.1. The van der Waals surface area contributed by atoms with Gasteiger partial charge in [0.2, 0.25) is 5.91 Å². The average Bonchev–Trinajstić information content (AvgIpc) is 3.39. The Bertz CT molecular complexity index is 1360. The summed E-state index contributed by atoms with van der Waals surface area (Å²) in [4.78, 5) is 26.3. The number of aryl methyl sites for hydroxylation is 1. The summed E-state index contributed by atoms with van der Waals surface area (Å²) in [6.45, 7) is 9.46. The molecule has 0 fully saturated rings. The molecule has 0 radical (unpaired) electrons. The van der Waals surface area contributed by atoms with Crippen molar-refractivity contribution in [2.24, 2.45) is 5.41 Å². The Labute approximate surface area is 205 Å². The zero-order valence-electron chi connectivity index (χ0n) is 20.6. The molecule has 0 bridgehead atoms. The van der Waals surface area contributed by atoms with E-state index in [0.29, 0.717) is 5.82 Å². The lowest BCUT2D eigenvalue weighted by molar-refractivity contribution is -0.117. The SMILES string of the molecule is CCc1cnc(NC(=O)[C@@H](C)c2ccc(-c3cccnc3)nc2)cc1-c1cnn2c1CC(C)(C)C2. The quantitative estimate of drug-likeness (QED) is 0.417. The zero-order chi connectivity index (χ0) is 24.6. The molecule has 1 aliphatic heterocycles. The maximum Gasteiger partial charge on any atom is 0.232 e. The van der Waals surface area contributed by atoms with Gasteiger partial charge in [-0.15, -0.1) is 0 Å². The number of amides is 1. The van der Waals surface area contributed by atoms with Crippen molar-refractivity contribution in [3.63, 3.8) is 0 Å². The number of nitrogens with one attached hydrogen (secondary N) is 1. The van der Waals surface area contributed by atoms with Crippen LogP contribution in [0.3, 0.4) is 0 Å². The molecule has 7 heteroatoms. The van der Waals surface area contributed by atoms with E-state index in [9.17, 15) is 4.79 Å². The van der Waals surface area contributed by atoms with Gasteiger partial charge < -0.3 is 5.32 Å². The van der Waals surface area contributed by atoms with Crippen molar-refractivity contribution in [3.8, 4) is 22.4 Å². The average molecular weight is 467 g/mol. The summed E-state index contributed by atoms with van der Waals surface area (Å²) in [7, 11) is 0. The topological polar surface area (TPSA) is 85.6 Å². The third kappa shape index (κ3) is 4.58. The van der Waals surface area contributed by atoms with Crippen LogP contribution >= 0.6 is 0 Å². The van der Waals surface area contributed by atoms with E-state index in [1.54, 1.807) is 18.6 Å². The number of carbonyl (C=O) groups is 1. The number of anilines is 1. The second-order valence-corrected chi connectivity index (χ2v) is 10.0. The van der Waals surface area contributed by atoms with Crippen molar-refractivity contribution in [3.05, 3.63) is 78.1 Å². The monoisotopic (exact) mass is 466 g/mol. The summed E-state index contributed by atoms with van der Waals surface area (Å²) < 4.78 is 2.11. The van der Waals surface area contributed by atoms with E-state index in [1.165, 1.54) is 5.69 Å². The van der Waals surface area contributed by atoms with Crippen LogP contribution < -0.4 is 5.32 Å². The van der Waals surface area contributed by atoms with Gasteiger partial charge in [0.25, 0.3) is 0 Å². The van der Waals surface area contributed by atoms with Crippen LogP contribution in [0.15, 0.2) is 61.3 Å². The fourth-order valence-electron chi connectivity index (χ4n) is 4.69. The Hall–Kier alpha value is -3.87. The first-order valence-corrected chi connectivity index (χ1v) is 12.1. The van der Waals surface area contributed by atoms with Crippen molar-refractivity contribution in [2.75, 3.05) is 5.32 Å². The molecule has 7 nitrogen and oxygen atoms in total. The summed E-state index contributed by atoms with van der Waals surface area (Å²) in [5.74, 6) is 0.0546. The molecule has 1 N–H and O–H groups in total. The maximum atomic E-state index is 13.1. The molecule has 5 heterocycles. The van der Waals surface area contributed by atoms with E-state index < -0.39 is 0 Å². The van der Waals surface area contributed by atoms with Gasteiger partial charge in [-0.3, -0.25) is 19.4 Å². The Morgan fingerprint density at radius 1 is 1.11 bits per heavy atom.